The average molecular weight is 486 g/mol. The van der Waals surface area contributed by atoms with Gasteiger partial charge in [-0.05, 0) is 30.0 Å². The van der Waals surface area contributed by atoms with E-state index in [1.165, 1.54) is 18.2 Å². The molecule has 0 bridgehead atoms. The summed E-state index contributed by atoms with van der Waals surface area (Å²) in [6, 6.07) is 24.6. The van der Waals surface area contributed by atoms with E-state index in [-0.39, 0.29) is 30.4 Å². The molecule has 33 heavy (non-hydrogen) atoms. The van der Waals surface area contributed by atoms with Gasteiger partial charge in [0.25, 0.3) is 5.91 Å². The summed E-state index contributed by atoms with van der Waals surface area (Å²) in [6.07, 6.45) is 1.74. The highest BCUT2D eigenvalue weighted by Crippen LogP contribution is 2.32. The van der Waals surface area contributed by atoms with Gasteiger partial charge in [0.15, 0.2) is 0 Å². The molecular weight excluding hydrogens is 457 g/mol. The van der Waals surface area contributed by atoms with Crippen LogP contribution in [0.25, 0.3) is 0 Å². The minimum Gasteiger partial charge on any atom is -0.496 e. The van der Waals surface area contributed by atoms with Crippen LogP contribution in [0.2, 0.25) is 5.02 Å². The minimum absolute atomic E-state index is 0. The smallest absolute Gasteiger partial charge is 0.255 e. The molecule has 0 atom stereocenters. The lowest BCUT2D eigenvalue weighted by Gasteiger charge is -2.38. The molecule has 3 aromatic rings. The van der Waals surface area contributed by atoms with Gasteiger partial charge in [-0.2, -0.15) is 0 Å². The van der Waals surface area contributed by atoms with Gasteiger partial charge in [0.05, 0.1) is 29.4 Å². The average Bonchev–Trinajstić information content (AvgIpc) is 2.83. The first-order valence-corrected chi connectivity index (χ1v) is 11.2. The maximum Gasteiger partial charge on any atom is 0.255 e. The quantitative estimate of drug-likeness (QED) is 0.462. The lowest BCUT2D eigenvalue weighted by molar-refractivity contribution is 0.0897. The Kier molecular flexibility index (Phi) is 8.61. The summed E-state index contributed by atoms with van der Waals surface area (Å²) < 4.78 is 5.33. The lowest BCUT2D eigenvalue weighted by Crippen LogP contribution is -2.46. The van der Waals surface area contributed by atoms with Crippen LogP contribution >= 0.6 is 24.0 Å². The summed E-state index contributed by atoms with van der Waals surface area (Å²) >= 11 is 6.13. The Hall–Kier alpha value is -2.73. The van der Waals surface area contributed by atoms with Gasteiger partial charge in [0.2, 0.25) is 0 Å². The van der Waals surface area contributed by atoms with Crippen LogP contribution in [0.5, 0.6) is 5.75 Å². The van der Waals surface area contributed by atoms with Gasteiger partial charge in [-0.3, -0.25) is 9.69 Å². The number of hydrogen-bond acceptors (Lipinski definition) is 4. The van der Waals surface area contributed by atoms with Crippen LogP contribution in [-0.4, -0.2) is 37.0 Å². The number of methoxy groups -OCH3 is 1. The number of carbonyl (C=O) groups excluding carboxylic acids is 1. The second-order valence-corrected chi connectivity index (χ2v) is 8.49. The second kappa shape index (κ2) is 11.4. The molecule has 5 nitrogen and oxygen atoms in total. The highest BCUT2D eigenvalue weighted by molar-refractivity contribution is 6.33. The van der Waals surface area contributed by atoms with E-state index < -0.39 is 0 Å². The van der Waals surface area contributed by atoms with Crippen molar-refractivity contribution in [2.45, 2.75) is 24.9 Å². The van der Waals surface area contributed by atoms with Crippen LogP contribution in [0.15, 0.2) is 72.8 Å². The first-order valence-electron chi connectivity index (χ1n) is 10.8. The fraction of sp³-hybridized carbons (Fsp3) is 0.269. The largest absolute Gasteiger partial charge is 0.496 e. The van der Waals surface area contributed by atoms with Crippen LogP contribution < -0.4 is 15.8 Å². The van der Waals surface area contributed by atoms with E-state index in [1.807, 2.05) is 12.1 Å². The van der Waals surface area contributed by atoms with Crippen molar-refractivity contribution in [3.8, 4) is 5.75 Å². The van der Waals surface area contributed by atoms with Crippen LogP contribution in [-0.2, 0) is 0 Å². The van der Waals surface area contributed by atoms with Crippen LogP contribution in [0.4, 0.5) is 5.69 Å². The molecule has 1 fully saturated rings. The summed E-state index contributed by atoms with van der Waals surface area (Å²) in [5, 5.41) is 3.50. The topological polar surface area (TPSA) is 67.6 Å². The number of hydrogen-bond donors (Lipinski definition) is 2. The van der Waals surface area contributed by atoms with E-state index in [1.54, 1.807) is 12.1 Å². The number of ether oxygens (including phenoxy) is 1. The van der Waals surface area contributed by atoms with Crippen molar-refractivity contribution in [3.05, 3.63) is 94.5 Å². The molecule has 4 rings (SSSR count). The molecule has 0 saturated carbocycles. The number of piperidine rings is 1. The third-order valence-corrected chi connectivity index (χ3v) is 6.35. The van der Waals surface area contributed by atoms with Crippen molar-refractivity contribution in [2.24, 2.45) is 0 Å². The van der Waals surface area contributed by atoms with Crippen LogP contribution in [0.1, 0.15) is 40.4 Å². The number of halogens is 2. The molecule has 0 aromatic heterocycles. The number of nitrogens with one attached hydrogen (secondary N) is 1. The van der Waals surface area contributed by atoms with E-state index in [2.05, 4.69) is 58.7 Å². The number of amides is 1. The number of likely N-dealkylation sites (tertiary alicyclic amines) is 1. The van der Waals surface area contributed by atoms with E-state index in [4.69, 9.17) is 22.1 Å². The van der Waals surface area contributed by atoms with Crippen molar-refractivity contribution in [3.63, 3.8) is 0 Å². The highest BCUT2D eigenvalue weighted by atomic mass is 35.5. The Morgan fingerprint density at radius 2 is 1.58 bits per heavy atom. The molecule has 3 aromatic carbocycles. The predicted octanol–water partition coefficient (Wildman–Crippen LogP) is 5.34. The minimum atomic E-state index is -0.190. The van der Waals surface area contributed by atoms with Crippen molar-refractivity contribution in [1.82, 2.24) is 10.2 Å². The Balaban J connectivity index is 0.00000306. The second-order valence-electron chi connectivity index (χ2n) is 8.08. The zero-order valence-corrected chi connectivity index (χ0v) is 20.1. The zero-order chi connectivity index (χ0) is 22.5. The molecule has 1 aliphatic heterocycles. The van der Waals surface area contributed by atoms with E-state index in [0.717, 1.165) is 25.9 Å². The highest BCUT2D eigenvalue weighted by Gasteiger charge is 2.28. The molecular formula is C26H29Cl2N3O2. The molecule has 3 N–H and O–H groups in total. The number of nitrogen functional groups attached to an aromatic ring is 1. The third kappa shape index (κ3) is 5.80. The number of rotatable bonds is 6. The molecule has 1 aliphatic rings. The Labute approximate surface area is 206 Å². The van der Waals surface area contributed by atoms with Gasteiger partial charge < -0.3 is 15.8 Å². The number of nitrogens with zero attached hydrogens (tertiary/aromatic N) is 1. The fourth-order valence-corrected chi connectivity index (χ4v) is 4.53. The first kappa shape index (κ1) is 24.9. The molecule has 0 spiro atoms. The maximum atomic E-state index is 12.9. The molecule has 1 heterocycles. The van der Waals surface area contributed by atoms with Crippen molar-refractivity contribution < 1.29 is 9.53 Å². The van der Waals surface area contributed by atoms with E-state index in [0.29, 0.717) is 22.0 Å². The summed E-state index contributed by atoms with van der Waals surface area (Å²) in [5.41, 5.74) is 9.19. The van der Waals surface area contributed by atoms with E-state index in [9.17, 15) is 4.79 Å². The number of anilines is 1. The van der Waals surface area contributed by atoms with Gasteiger partial charge in [-0.15, -0.1) is 12.4 Å². The Morgan fingerprint density at radius 3 is 2.09 bits per heavy atom. The maximum absolute atomic E-state index is 12.9. The van der Waals surface area contributed by atoms with Crippen LogP contribution in [0.3, 0.4) is 0 Å². The lowest BCUT2D eigenvalue weighted by atomic mass is 9.94. The third-order valence-electron chi connectivity index (χ3n) is 6.02. The zero-order valence-electron chi connectivity index (χ0n) is 18.5. The normalized spacial score (nSPS) is 14.5. The summed E-state index contributed by atoms with van der Waals surface area (Å²) in [7, 11) is 1.52. The predicted molar refractivity (Wildman–Crippen MR) is 136 cm³/mol. The molecule has 7 heteroatoms. The van der Waals surface area contributed by atoms with Crippen molar-refractivity contribution in [2.75, 3.05) is 25.9 Å². The molecule has 0 aliphatic carbocycles. The molecule has 1 saturated heterocycles. The SMILES string of the molecule is COc1cc(N)c(Cl)cc1C(=O)NC1CCN(C(c2ccccc2)c2ccccc2)CC1.Cl. The number of benzene rings is 3. The van der Waals surface area contributed by atoms with Crippen molar-refractivity contribution in [1.29, 1.82) is 0 Å². The van der Waals surface area contributed by atoms with Gasteiger partial charge in [-0.25, -0.2) is 0 Å². The number of carbonyl (C=O) groups is 1. The standard InChI is InChI=1S/C26H28ClN3O2.ClH/c1-32-24-17-23(28)22(27)16-21(24)26(31)29-20-12-14-30(15-13-20)25(18-8-4-2-5-9-18)19-10-6-3-7-11-19;/h2-11,16-17,20,25H,12-15,28H2,1H3,(H,29,31);1H. The molecule has 1 amide bonds. The summed E-state index contributed by atoms with van der Waals surface area (Å²) in [5.74, 6) is 0.236. The molecule has 0 unspecified atom stereocenters. The van der Waals surface area contributed by atoms with Gasteiger partial charge >= 0.3 is 0 Å². The Bertz CT molecular complexity index is 1020. The van der Waals surface area contributed by atoms with Gasteiger partial charge in [-0.1, -0.05) is 72.3 Å². The van der Waals surface area contributed by atoms with Crippen molar-refractivity contribution >= 4 is 35.6 Å². The monoisotopic (exact) mass is 485 g/mol. The number of nitrogens with two attached hydrogens (primary N) is 1. The van der Waals surface area contributed by atoms with Gasteiger partial charge in [0, 0.05) is 25.2 Å². The van der Waals surface area contributed by atoms with Gasteiger partial charge in [0.1, 0.15) is 5.75 Å². The fourth-order valence-electron chi connectivity index (χ4n) is 4.37. The molecule has 174 valence electrons. The Morgan fingerprint density at radius 1 is 1.03 bits per heavy atom. The summed E-state index contributed by atoms with van der Waals surface area (Å²) in [6.45, 7) is 1.78. The first-order chi connectivity index (χ1) is 15.6. The molecule has 0 radical (unpaired) electrons. The van der Waals surface area contributed by atoms with Crippen LogP contribution in [0, 0.1) is 0 Å². The van der Waals surface area contributed by atoms with E-state index >= 15 is 0 Å². The summed E-state index contributed by atoms with van der Waals surface area (Å²) in [4.78, 5) is 15.4.